The molecule has 1 rings (SSSR count). The van der Waals surface area contributed by atoms with Crippen LogP contribution in [0.25, 0.3) is 0 Å². The Morgan fingerprint density at radius 1 is 1.50 bits per heavy atom. The highest BCUT2D eigenvalue weighted by Gasteiger charge is 1.88. The normalized spacial score (nSPS) is 10.9. The molecule has 0 spiro atoms. The minimum atomic E-state index is 0.0979. The zero-order valence-electron chi connectivity index (χ0n) is 5.66. The molecule has 0 aliphatic carbocycles. The van der Waals surface area contributed by atoms with Gasteiger partial charge in [-0.25, -0.2) is 0 Å². The molecule has 0 saturated carbocycles. The molecule has 1 aromatic heterocycles. The predicted molar refractivity (Wildman–Crippen MR) is 38.6 cm³/mol. The van der Waals surface area contributed by atoms with E-state index in [1.165, 1.54) is 0 Å². The van der Waals surface area contributed by atoms with Crippen LogP contribution in [0.1, 0.15) is 5.76 Å². The molecule has 1 heterocycles. The van der Waals surface area contributed by atoms with E-state index in [1.807, 2.05) is 18.2 Å². The second-order valence-electron chi connectivity index (χ2n) is 1.94. The second kappa shape index (κ2) is 3.90. The number of rotatable bonds is 3. The molecule has 1 aromatic rings. The van der Waals surface area contributed by atoms with Crippen molar-refractivity contribution in [2.24, 2.45) is 0 Å². The minimum Gasteiger partial charge on any atom is -0.469 e. The molecule has 10 heavy (non-hydrogen) atoms. The minimum absolute atomic E-state index is 0.0979. The fourth-order valence-corrected chi connectivity index (χ4v) is 0.703. The number of allylic oxidation sites excluding steroid dienone is 1. The number of furan rings is 1. The van der Waals surface area contributed by atoms with Crippen molar-refractivity contribution in [1.82, 2.24) is 0 Å². The lowest BCUT2D eigenvalue weighted by molar-refractivity contribution is 0.342. The lowest BCUT2D eigenvalue weighted by Crippen LogP contribution is -1.76. The summed E-state index contributed by atoms with van der Waals surface area (Å²) in [7, 11) is 0. The molecule has 2 heteroatoms. The monoisotopic (exact) mass is 138 g/mol. The Kier molecular flexibility index (Phi) is 2.77. The highest BCUT2D eigenvalue weighted by molar-refractivity contribution is 5.03. The molecule has 2 nitrogen and oxygen atoms in total. The van der Waals surface area contributed by atoms with Gasteiger partial charge in [0.25, 0.3) is 0 Å². The molecule has 0 aliphatic heterocycles. The number of aliphatic hydroxyl groups is 1. The fourth-order valence-electron chi connectivity index (χ4n) is 0.703. The fraction of sp³-hybridized carbons (Fsp3) is 0.250. The summed E-state index contributed by atoms with van der Waals surface area (Å²) < 4.78 is 5.05. The number of hydrogen-bond acceptors (Lipinski definition) is 2. The molecule has 0 amide bonds. The third kappa shape index (κ3) is 2.07. The Balaban J connectivity index is 2.34. The van der Waals surface area contributed by atoms with Crippen LogP contribution in [-0.4, -0.2) is 11.7 Å². The third-order valence-corrected chi connectivity index (χ3v) is 1.17. The van der Waals surface area contributed by atoms with Crippen molar-refractivity contribution in [2.75, 3.05) is 6.61 Å². The molecule has 54 valence electrons. The Bertz CT molecular complexity index is 187. The Morgan fingerprint density at radius 3 is 3.00 bits per heavy atom. The topological polar surface area (TPSA) is 33.4 Å². The maximum absolute atomic E-state index is 8.38. The van der Waals surface area contributed by atoms with E-state index in [-0.39, 0.29) is 6.61 Å². The van der Waals surface area contributed by atoms with Gasteiger partial charge < -0.3 is 9.52 Å². The van der Waals surface area contributed by atoms with Gasteiger partial charge in [0.05, 0.1) is 12.9 Å². The van der Waals surface area contributed by atoms with Crippen molar-refractivity contribution in [1.29, 1.82) is 0 Å². The Hall–Kier alpha value is -1.02. The van der Waals surface area contributed by atoms with E-state index in [9.17, 15) is 0 Å². The SMILES string of the molecule is OC/C=C\Cc1ccco1. The van der Waals surface area contributed by atoms with Crippen molar-refractivity contribution >= 4 is 0 Å². The maximum Gasteiger partial charge on any atom is 0.107 e. The van der Waals surface area contributed by atoms with E-state index in [0.717, 1.165) is 12.2 Å². The van der Waals surface area contributed by atoms with Crippen LogP contribution in [0.2, 0.25) is 0 Å². The van der Waals surface area contributed by atoms with Crippen LogP contribution in [0.4, 0.5) is 0 Å². The number of aliphatic hydroxyl groups excluding tert-OH is 1. The molecule has 0 saturated heterocycles. The summed E-state index contributed by atoms with van der Waals surface area (Å²) in [4.78, 5) is 0. The van der Waals surface area contributed by atoms with Gasteiger partial charge in [-0.15, -0.1) is 0 Å². The van der Waals surface area contributed by atoms with Crippen molar-refractivity contribution in [3.05, 3.63) is 36.3 Å². The smallest absolute Gasteiger partial charge is 0.107 e. The lowest BCUT2D eigenvalue weighted by atomic mass is 10.3. The van der Waals surface area contributed by atoms with E-state index in [2.05, 4.69) is 0 Å². The van der Waals surface area contributed by atoms with E-state index in [4.69, 9.17) is 9.52 Å². The zero-order chi connectivity index (χ0) is 7.23. The molecule has 0 aliphatic rings. The van der Waals surface area contributed by atoms with Crippen molar-refractivity contribution < 1.29 is 9.52 Å². The summed E-state index contributed by atoms with van der Waals surface area (Å²) in [6.45, 7) is 0.0979. The zero-order valence-corrected chi connectivity index (χ0v) is 5.66. The molecule has 0 radical (unpaired) electrons. The molecule has 0 fully saturated rings. The van der Waals surface area contributed by atoms with Gasteiger partial charge in [-0.05, 0) is 12.1 Å². The first-order chi connectivity index (χ1) is 4.93. The van der Waals surface area contributed by atoms with Gasteiger partial charge in [0.15, 0.2) is 0 Å². The van der Waals surface area contributed by atoms with Crippen LogP contribution >= 0.6 is 0 Å². The predicted octanol–water partition coefficient (Wildman–Crippen LogP) is 1.37. The first-order valence-electron chi connectivity index (χ1n) is 3.21. The van der Waals surface area contributed by atoms with Gasteiger partial charge in [-0.2, -0.15) is 0 Å². The molecule has 0 unspecified atom stereocenters. The van der Waals surface area contributed by atoms with E-state index >= 15 is 0 Å². The average Bonchev–Trinajstić information content (AvgIpc) is 2.41. The van der Waals surface area contributed by atoms with Crippen LogP contribution in [0.5, 0.6) is 0 Å². The highest BCUT2D eigenvalue weighted by atomic mass is 16.3. The quantitative estimate of drug-likeness (QED) is 0.640. The standard InChI is InChI=1S/C8H10O2/c9-6-2-1-4-8-5-3-7-10-8/h1-3,5,7,9H,4,6H2/b2-1-. The van der Waals surface area contributed by atoms with Crippen molar-refractivity contribution in [3.8, 4) is 0 Å². The highest BCUT2D eigenvalue weighted by Crippen LogP contribution is 2.00. The summed E-state index contributed by atoms with van der Waals surface area (Å²) in [6.07, 6.45) is 5.97. The average molecular weight is 138 g/mol. The maximum atomic E-state index is 8.38. The van der Waals surface area contributed by atoms with Gasteiger partial charge in [0.1, 0.15) is 5.76 Å². The van der Waals surface area contributed by atoms with Gasteiger partial charge in [0.2, 0.25) is 0 Å². The molecule has 0 aromatic carbocycles. The Labute approximate surface area is 59.8 Å². The molecular weight excluding hydrogens is 128 g/mol. The van der Waals surface area contributed by atoms with Crippen LogP contribution in [-0.2, 0) is 6.42 Å². The molecule has 0 atom stereocenters. The summed E-state index contributed by atoms with van der Waals surface area (Å²) in [5.74, 6) is 0.921. The summed E-state index contributed by atoms with van der Waals surface area (Å²) in [5, 5.41) is 8.38. The molecular formula is C8H10O2. The van der Waals surface area contributed by atoms with Gasteiger partial charge in [-0.1, -0.05) is 12.2 Å². The summed E-state index contributed by atoms with van der Waals surface area (Å²) >= 11 is 0. The summed E-state index contributed by atoms with van der Waals surface area (Å²) in [6, 6.07) is 3.75. The van der Waals surface area contributed by atoms with Crippen molar-refractivity contribution in [2.45, 2.75) is 6.42 Å². The van der Waals surface area contributed by atoms with Crippen LogP contribution in [0.15, 0.2) is 35.0 Å². The second-order valence-corrected chi connectivity index (χ2v) is 1.94. The van der Waals surface area contributed by atoms with Crippen LogP contribution in [0, 0.1) is 0 Å². The summed E-state index contributed by atoms with van der Waals surface area (Å²) in [5.41, 5.74) is 0. The molecule has 0 bridgehead atoms. The first kappa shape index (κ1) is 7.09. The van der Waals surface area contributed by atoms with Gasteiger partial charge in [0, 0.05) is 6.42 Å². The van der Waals surface area contributed by atoms with Gasteiger partial charge in [-0.3, -0.25) is 0 Å². The van der Waals surface area contributed by atoms with Crippen LogP contribution < -0.4 is 0 Å². The van der Waals surface area contributed by atoms with Gasteiger partial charge >= 0.3 is 0 Å². The van der Waals surface area contributed by atoms with E-state index < -0.39 is 0 Å². The Morgan fingerprint density at radius 2 is 2.40 bits per heavy atom. The largest absolute Gasteiger partial charge is 0.469 e. The lowest BCUT2D eigenvalue weighted by Gasteiger charge is -1.85. The van der Waals surface area contributed by atoms with E-state index in [1.54, 1.807) is 12.3 Å². The first-order valence-corrected chi connectivity index (χ1v) is 3.21. The third-order valence-electron chi connectivity index (χ3n) is 1.17. The van der Waals surface area contributed by atoms with Crippen molar-refractivity contribution in [3.63, 3.8) is 0 Å². The van der Waals surface area contributed by atoms with Crippen LogP contribution in [0.3, 0.4) is 0 Å². The van der Waals surface area contributed by atoms with E-state index in [0.29, 0.717) is 0 Å². The molecule has 1 N–H and O–H groups in total. The number of hydrogen-bond donors (Lipinski definition) is 1.